The fourth-order valence-electron chi connectivity index (χ4n) is 5.46. The molecule has 0 amide bonds. The number of rotatable bonds is 4. The van der Waals surface area contributed by atoms with E-state index in [1.165, 1.54) is 69.1 Å². The SMILES string of the molecule is CC(C)CC1(C2CCCC2)C=CC(N)C(C2CCCC2)=C1N. The van der Waals surface area contributed by atoms with E-state index in [1.54, 1.807) is 0 Å². The first kappa shape index (κ1) is 16.1. The van der Waals surface area contributed by atoms with Gasteiger partial charge in [0.05, 0.1) is 0 Å². The Hall–Kier alpha value is -0.760. The van der Waals surface area contributed by atoms with Gasteiger partial charge in [0, 0.05) is 17.2 Å². The summed E-state index contributed by atoms with van der Waals surface area (Å²) in [6.45, 7) is 4.67. The van der Waals surface area contributed by atoms with Gasteiger partial charge in [-0.2, -0.15) is 0 Å². The number of nitrogens with two attached hydrogens (primary N) is 2. The van der Waals surface area contributed by atoms with Crippen molar-refractivity contribution >= 4 is 0 Å². The maximum atomic E-state index is 6.90. The molecule has 3 aliphatic carbocycles. The van der Waals surface area contributed by atoms with Crippen molar-refractivity contribution in [1.82, 2.24) is 0 Å². The Balaban J connectivity index is 2.01. The van der Waals surface area contributed by atoms with Gasteiger partial charge in [0.15, 0.2) is 0 Å². The van der Waals surface area contributed by atoms with Crippen molar-refractivity contribution in [3.05, 3.63) is 23.4 Å². The van der Waals surface area contributed by atoms with Crippen LogP contribution < -0.4 is 11.5 Å². The fraction of sp³-hybridized carbons (Fsp3) is 0.800. The van der Waals surface area contributed by atoms with Gasteiger partial charge in [-0.25, -0.2) is 0 Å². The van der Waals surface area contributed by atoms with E-state index in [1.807, 2.05) is 0 Å². The Morgan fingerprint density at radius 3 is 2.27 bits per heavy atom. The van der Waals surface area contributed by atoms with Crippen molar-refractivity contribution in [2.45, 2.75) is 77.7 Å². The van der Waals surface area contributed by atoms with Crippen LogP contribution in [0.2, 0.25) is 0 Å². The molecule has 0 aromatic heterocycles. The third-order valence-electron chi connectivity index (χ3n) is 6.40. The van der Waals surface area contributed by atoms with Gasteiger partial charge in [0.2, 0.25) is 0 Å². The molecule has 0 spiro atoms. The van der Waals surface area contributed by atoms with E-state index in [4.69, 9.17) is 11.5 Å². The average molecular weight is 303 g/mol. The van der Waals surface area contributed by atoms with Crippen LogP contribution in [0.4, 0.5) is 0 Å². The van der Waals surface area contributed by atoms with Gasteiger partial charge in [0.25, 0.3) is 0 Å². The van der Waals surface area contributed by atoms with Gasteiger partial charge in [-0.05, 0) is 55.4 Å². The lowest BCUT2D eigenvalue weighted by Gasteiger charge is -2.44. The van der Waals surface area contributed by atoms with Gasteiger partial charge < -0.3 is 11.5 Å². The summed E-state index contributed by atoms with van der Waals surface area (Å²) in [6, 6.07) is 0.0600. The molecule has 2 heteroatoms. The molecule has 0 aromatic rings. The molecule has 0 bridgehead atoms. The van der Waals surface area contributed by atoms with Gasteiger partial charge in [-0.3, -0.25) is 0 Å². The quantitative estimate of drug-likeness (QED) is 0.751. The average Bonchev–Trinajstić information content (AvgIpc) is 3.14. The normalized spacial score (nSPS) is 34.3. The second kappa shape index (κ2) is 6.39. The van der Waals surface area contributed by atoms with Gasteiger partial charge in [-0.15, -0.1) is 0 Å². The first-order valence-corrected chi connectivity index (χ1v) is 9.49. The van der Waals surface area contributed by atoms with E-state index in [2.05, 4.69) is 26.0 Å². The van der Waals surface area contributed by atoms with Crippen LogP contribution in [-0.4, -0.2) is 6.04 Å². The lowest BCUT2D eigenvalue weighted by Crippen LogP contribution is -2.43. The highest BCUT2D eigenvalue weighted by Gasteiger charge is 2.45. The maximum absolute atomic E-state index is 6.90. The molecule has 22 heavy (non-hydrogen) atoms. The van der Waals surface area contributed by atoms with E-state index < -0.39 is 0 Å². The van der Waals surface area contributed by atoms with Crippen molar-refractivity contribution in [1.29, 1.82) is 0 Å². The Kier molecular flexibility index (Phi) is 4.68. The van der Waals surface area contributed by atoms with Crippen LogP contribution in [0.15, 0.2) is 23.4 Å². The molecule has 3 rings (SSSR count). The van der Waals surface area contributed by atoms with Gasteiger partial charge >= 0.3 is 0 Å². The summed E-state index contributed by atoms with van der Waals surface area (Å²) in [5.74, 6) is 2.05. The molecule has 3 aliphatic rings. The number of allylic oxidation sites excluding steroid dienone is 1. The molecular weight excluding hydrogens is 268 g/mol. The minimum atomic E-state index is 0.0600. The van der Waals surface area contributed by atoms with E-state index in [0.717, 1.165) is 5.92 Å². The second-order valence-corrected chi connectivity index (χ2v) is 8.36. The molecular formula is C20H34N2. The van der Waals surface area contributed by atoms with Crippen LogP contribution in [0, 0.1) is 23.2 Å². The summed E-state index contributed by atoms with van der Waals surface area (Å²) < 4.78 is 0. The summed E-state index contributed by atoms with van der Waals surface area (Å²) in [5, 5.41) is 0. The van der Waals surface area contributed by atoms with Gasteiger partial charge in [-0.1, -0.05) is 51.7 Å². The third-order valence-corrected chi connectivity index (χ3v) is 6.40. The van der Waals surface area contributed by atoms with E-state index >= 15 is 0 Å². The molecule has 0 aromatic carbocycles. The highest BCUT2D eigenvalue weighted by atomic mass is 14.7. The van der Waals surface area contributed by atoms with Crippen LogP contribution >= 0.6 is 0 Å². The molecule has 2 nitrogen and oxygen atoms in total. The minimum Gasteiger partial charge on any atom is -0.401 e. The zero-order valence-corrected chi connectivity index (χ0v) is 14.5. The monoisotopic (exact) mass is 302 g/mol. The molecule has 2 atom stereocenters. The summed E-state index contributed by atoms with van der Waals surface area (Å²) in [5.41, 5.74) is 16.1. The van der Waals surface area contributed by atoms with Crippen molar-refractivity contribution in [2.24, 2.45) is 34.6 Å². The molecule has 4 N–H and O–H groups in total. The van der Waals surface area contributed by atoms with Crippen LogP contribution in [0.1, 0.15) is 71.6 Å². The molecule has 0 saturated heterocycles. The smallest absolute Gasteiger partial charge is 0.0463 e. The lowest BCUT2D eigenvalue weighted by molar-refractivity contribution is 0.222. The summed E-state index contributed by atoms with van der Waals surface area (Å²) in [7, 11) is 0. The second-order valence-electron chi connectivity index (χ2n) is 8.36. The zero-order chi connectivity index (χ0) is 15.7. The molecule has 2 fully saturated rings. The van der Waals surface area contributed by atoms with Gasteiger partial charge in [0.1, 0.15) is 0 Å². The summed E-state index contributed by atoms with van der Waals surface area (Å²) >= 11 is 0. The largest absolute Gasteiger partial charge is 0.401 e. The van der Waals surface area contributed by atoms with Crippen molar-refractivity contribution in [3.63, 3.8) is 0 Å². The van der Waals surface area contributed by atoms with Crippen molar-refractivity contribution < 1.29 is 0 Å². The molecule has 0 aliphatic heterocycles. The molecule has 124 valence electrons. The highest BCUT2D eigenvalue weighted by molar-refractivity contribution is 5.39. The Labute approximate surface area is 136 Å². The topological polar surface area (TPSA) is 52.0 Å². The molecule has 2 unspecified atom stereocenters. The summed E-state index contributed by atoms with van der Waals surface area (Å²) in [6.07, 6.45) is 16.6. The minimum absolute atomic E-state index is 0.0600. The highest BCUT2D eigenvalue weighted by Crippen LogP contribution is 2.52. The Morgan fingerprint density at radius 1 is 1.09 bits per heavy atom. The van der Waals surface area contributed by atoms with Crippen LogP contribution in [0.25, 0.3) is 0 Å². The fourth-order valence-corrected chi connectivity index (χ4v) is 5.46. The Bertz CT molecular complexity index is 450. The standard InChI is InChI=1S/C20H34N2/c1-14(2)13-20(16-9-5-6-10-16)12-11-17(21)18(19(20)22)15-7-3-4-8-15/h11-12,14-17H,3-10,13,21-22H2,1-2H3. The molecule has 0 heterocycles. The third kappa shape index (κ3) is 2.75. The number of hydrogen-bond donors (Lipinski definition) is 2. The van der Waals surface area contributed by atoms with Crippen LogP contribution in [0.5, 0.6) is 0 Å². The van der Waals surface area contributed by atoms with Crippen LogP contribution in [-0.2, 0) is 0 Å². The maximum Gasteiger partial charge on any atom is 0.0463 e. The zero-order valence-electron chi connectivity index (χ0n) is 14.5. The Morgan fingerprint density at radius 2 is 1.68 bits per heavy atom. The first-order valence-electron chi connectivity index (χ1n) is 9.49. The van der Waals surface area contributed by atoms with E-state index in [-0.39, 0.29) is 11.5 Å². The molecule has 2 saturated carbocycles. The number of hydrogen-bond acceptors (Lipinski definition) is 2. The lowest BCUT2D eigenvalue weighted by atomic mass is 9.62. The van der Waals surface area contributed by atoms with E-state index in [0.29, 0.717) is 11.8 Å². The van der Waals surface area contributed by atoms with Crippen molar-refractivity contribution in [2.75, 3.05) is 0 Å². The van der Waals surface area contributed by atoms with Crippen LogP contribution in [0.3, 0.4) is 0 Å². The first-order chi connectivity index (χ1) is 10.5. The summed E-state index contributed by atoms with van der Waals surface area (Å²) in [4.78, 5) is 0. The van der Waals surface area contributed by atoms with E-state index in [9.17, 15) is 0 Å². The predicted molar refractivity (Wildman–Crippen MR) is 94.1 cm³/mol. The predicted octanol–water partition coefficient (Wildman–Crippen LogP) is 4.51. The molecule has 0 radical (unpaired) electrons. The van der Waals surface area contributed by atoms with Crippen molar-refractivity contribution in [3.8, 4) is 0 Å².